The molecule has 15 heavy (non-hydrogen) atoms. The van der Waals surface area contributed by atoms with Gasteiger partial charge in [-0.25, -0.2) is 0 Å². The topological polar surface area (TPSA) is 42.2 Å². The third kappa shape index (κ3) is 2.29. The van der Waals surface area contributed by atoms with E-state index in [4.69, 9.17) is 14.7 Å². The average Bonchev–Trinajstić information content (AvgIpc) is 2.28. The molecule has 3 heteroatoms. The summed E-state index contributed by atoms with van der Waals surface area (Å²) in [5.41, 5.74) is 1.79. The molecule has 0 aliphatic rings. The minimum absolute atomic E-state index is 0.335. The molecule has 0 aromatic heterocycles. The molecule has 0 aliphatic carbocycles. The van der Waals surface area contributed by atoms with Crippen LogP contribution in [0.3, 0.4) is 0 Å². The normalized spacial score (nSPS) is 9.13. The summed E-state index contributed by atoms with van der Waals surface area (Å²) in [7, 11) is 3.15. The minimum Gasteiger partial charge on any atom is -0.493 e. The first kappa shape index (κ1) is 11.1. The third-order valence-corrected chi connectivity index (χ3v) is 2.13. The molecule has 0 saturated carbocycles. The van der Waals surface area contributed by atoms with E-state index >= 15 is 0 Å². The van der Waals surface area contributed by atoms with E-state index in [0.717, 1.165) is 11.1 Å². The van der Waals surface area contributed by atoms with Gasteiger partial charge in [-0.2, -0.15) is 5.26 Å². The van der Waals surface area contributed by atoms with E-state index in [-0.39, 0.29) is 0 Å². The van der Waals surface area contributed by atoms with Crippen molar-refractivity contribution in [3.8, 4) is 17.6 Å². The molecule has 0 radical (unpaired) electrons. The number of nitrogens with zero attached hydrogens (tertiary/aromatic N) is 1. The first-order chi connectivity index (χ1) is 7.26. The van der Waals surface area contributed by atoms with Crippen molar-refractivity contribution in [1.82, 2.24) is 0 Å². The van der Waals surface area contributed by atoms with Gasteiger partial charge in [0.25, 0.3) is 0 Å². The van der Waals surface area contributed by atoms with Gasteiger partial charge in [0.2, 0.25) is 0 Å². The average molecular weight is 203 g/mol. The smallest absolute Gasteiger partial charge is 0.161 e. The van der Waals surface area contributed by atoms with Crippen LogP contribution in [-0.4, -0.2) is 14.2 Å². The van der Waals surface area contributed by atoms with Gasteiger partial charge < -0.3 is 9.47 Å². The minimum atomic E-state index is 0.335. The molecule has 0 unspecified atom stereocenters. The van der Waals surface area contributed by atoms with Crippen molar-refractivity contribution in [1.29, 1.82) is 5.26 Å². The van der Waals surface area contributed by atoms with Crippen LogP contribution in [0.1, 0.15) is 11.1 Å². The summed E-state index contributed by atoms with van der Waals surface area (Å²) in [6, 6.07) is 5.73. The molecular formula is C12H13NO2. The maximum absolute atomic E-state index is 8.67. The van der Waals surface area contributed by atoms with E-state index in [0.29, 0.717) is 17.9 Å². The van der Waals surface area contributed by atoms with Crippen molar-refractivity contribution in [2.45, 2.75) is 6.42 Å². The van der Waals surface area contributed by atoms with Gasteiger partial charge in [-0.05, 0) is 23.3 Å². The molecule has 1 aromatic rings. The standard InChI is InChI=1S/C12H13NO2/c1-4-9-7-11(14-2)12(15-3)8-10(9)5-6-13/h4,7-8H,1,5H2,2-3H3. The zero-order chi connectivity index (χ0) is 11.3. The fourth-order valence-electron chi connectivity index (χ4n) is 1.37. The summed E-state index contributed by atoms with van der Waals surface area (Å²) in [4.78, 5) is 0. The molecule has 0 fully saturated rings. The monoisotopic (exact) mass is 203 g/mol. The van der Waals surface area contributed by atoms with Crippen LogP contribution in [0.4, 0.5) is 0 Å². The Bertz CT molecular complexity index is 405. The highest BCUT2D eigenvalue weighted by atomic mass is 16.5. The van der Waals surface area contributed by atoms with E-state index in [2.05, 4.69) is 12.6 Å². The maximum Gasteiger partial charge on any atom is 0.161 e. The molecule has 0 bridgehead atoms. The van der Waals surface area contributed by atoms with Crippen LogP contribution in [0.25, 0.3) is 6.08 Å². The number of hydrogen-bond acceptors (Lipinski definition) is 3. The van der Waals surface area contributed by atoms with Crippen molar-refractivity contribution < 1.29 is 9.47 Å². The van der Waals surface area contributed by atoms with Crippen LogP contribution in [-0.2, 0) is 6.42 Å². The number of methoxy groups -OCH3 is 2. The number of benzene rings is 1. The van der Waals surface area contributed by atoms with Crippen LogP contribution < -0.4 is 9.47 Å². The number of rotatable bonds is 4. The maximum atomic E-state index is 8.67. The second kappa shape index (κ2) is 5.06. The van der Waals surface area contributed by atoms with Crippen LogP contribution in [0, 0.1) is 11.3 Å². The van der Waals surface area contributed by atoms with Gasteiger partial charge in [0.05, 0.1) is 26.7 Å². The Morgan fingerprint density at radius 2 is 1.93 bits per heavy atom. The second-order valence-corrected chi connectivity index (χ2v) is 2.95. The van der Waals surface area contributed by atoms with Gasteiger partial charge in [-0.3, -0.25) is 0 Å². The lowest BCUT2D eigenvalue weighted by atomic mass is 10.0. The molecule has 0 spiro atoms. The largest absolute Gasteiger partial charge is 0.493 e. The van der Waals surface area contributed by atoms with Crippen molar-refractivity contribution in [2.75, 3.05) is 14.2 Å². The van der Waals surface area contributed by atoms with Crippen molar-refractivity contribution in [2.24, 2.45) is 0 Å². The van der Waals surface area contributed by atoms with Crippen LogP contribution in [0.15, 0.2) is 18.7 Å². The van der Waals surface area contributed by atoms with Gasteiger partial charge in [0, 0.05) is 0 Å². The molecule has 0 atom stereocenters. The highest BCUT2D eigenvalue weighted by Gasteiger charge is 2.08. The lowest BCUT2D eigenvalue weighted by Gasteiger charge is -2.11. The predicted octanol–water partition coefficient (Wildman–Crippen LogP) is 2.41. The summed E-state index contributed by atoms with van der Waals surface area (Å²) in [5, 5.41) is 8.67. The van der Waals surface area contributed by atoms with Crippen LogP contribution >= 0.6 is 0 Å². The molecule has 0 amide bonds. The fraction of sp³-hybridized carbons (Fsp3) is 0.250. The lowest BCUT2D eigenvalue weighted by Crippen LogP contribution is -1.95. The Morgan fingerprint density at radius 1 is 1.33 bits per heavy atom. The van der Waals surface area contributed by atoms with E-state index in [1.54, 1.807) is 26.4 Å². The van der Waals surface area contributed by atoms with Crippen LogP contribution in [0.5, 0.6) is 11.5 Å². The first-order valence-corrected chi connectivity index (χ1v) is 4.51. The highest BCUT2D eigenvalue weighted by molar-refractivity contribution is 5.59. The Balaban J connectivity index is 3.28. The Morgan fingerprint density at radius 3 is 2.40 bits per heavy atom. The summed E-state index contributed by atoms with van der Waals surface area (Å²) < 4.78 is 10.3. The fourth-order valence-corrected chi connectivity index (χ4v) is 1.37. The predicted molar refractivity (Wildman–Crippen MR) is 59.0 cm³/mol. The molecule has 0 saturated heterocycles. The summed E-state index contributed by atoms with van der Waals surface area (Å²) in [6.45, 7) is 3.70. The Kier molecular flexibility index (Phi) is 3.75. The summed E-state index contributed by atoms with van der Waals surface area (Å²) >= 11 is 0. The number of hydrogen-bond donors (Lipinski definition) is 0. The van der Waals surface area contributed by atoms with E-state index < -0.39 is 0 Å². The number of ether oxygens (including phenoxy) is 2. The zero-order valence-electron chi connectivity index (χ0n) is 8.91. The van der Waals surface area contributed by atoms with Gasteiger partial charge in [-0.15, -0.1) is 0 Å². The zero-order valence-corrected chi connectivity index (χ0v) is 8.91. The molecular weight excluding hydrogens is 190 g/mol. The molecule has 1 rings (SSSR count). The Labute approximate surface area is 89.6 Å². The van der Waals surface area contributed by atoms with Gasteiger partial charge >= 0.3 is 0 Å². The molecule has 78 valence electrons. The summed E-state index contributed by atoms with van der Waals surface area (Å²) in [6.07, 6.45) is 2.04. The molecule has 0 N–H and O–H groups in total. The quantitative estimate of drug-likeness (QED) is 0.754. The van der Waals surface area contributed by atoms with Gasteiger partial charge in [0.15, 0.2) is 11.5 Å². The molecule has 3 nitrogen and oxygen atoms in total. The lowest BCUT2D eigenvalue weighted by molar-refractivity contribution is 0.354. The first-order valence-electron chi connectivity index (χ1n) is 4.51. The van der Waals surface area contributed by atoms with Crippen molar-refractivity contribution in [3.63, 3.8) is 0 Å². The van der Waals surface area contributed by atoms with E-state index in [1.165, 1.54) is 0 Å². The van der Waals surface area contributed by atoms with Gasteiger partial charge in [0.1, 0.15) is 0 Å². The van der Waals surface area contributed by atoms with Crippen molar-refractivity contribution >= 4 is 6.08 Å². The molecule has 0 aliphatic heterocycles. The molecule has 1 aromatic carbocycles. The Hall–Kier alpha value is -1.95. The third-order valence-electron chi connectivity index (χ3n) is 2.13. The SMILES string of the molecule is C=Cc1cc(OC)c(OC)cc1CC#N. The van der Waals surface area contributed by atoms with Gasteiger partial charge in [-0.1, -0.05) is 12.7 Å². The van der Waals surface area contributed by atoms with Crippen LogP contribution in [0.2, 0.25) is 0 Å². The van der Waals surface area contributed by atoms with E-state index in [9.17, 15) is 0 Å². The van der Waals surface area contributed by atoms with Crippen molar-refractivity contribution in [3.05, 3.63) is 29.8 Å². The summed E-state index contributed by atoms with van der Waals surface area (Å²) in [5.74, 6) is 1.28. The molecule has 0 heterocycles. The second-order valence-electron chi connectivity index (χ2n) is 2.95. The number of nitriles is 1. The van der Waals surface area contributed by atoms with E-state index in [1.807, 2.05) is 6.07 Å². The highest BCUT2D eigenvalue weighted by Crippen LogP contribution is 2.31.